The van der Waals surface area contributed by atoms with Crippen molar-refractivity contribution in [2.75, 3.05) is 19.5 Å². The van der Waals surface area contributed by atoms with Crippen molar-refractivity contribution in [3.05, 3.63) is 166 Å². The van der Waals surface area contributed by atoms with Crippen molar-refractivity contribution in [3.63, 3.8) is 0 Å². The Bertz CT molecular complexity index is 3830. The first kappa shape index (κ1) is 57.9. The number of nitrogens with one attached hydrogen (secondary N) is 1. The molecule has 0 spiro atoms. The summed E-state index contributed by atoms with van der Waals surface area (Å²) >= 11 is 12.4. The molecular weight excluding hydrogens is 1170 g/mol. The molecule has 0 atom stereocenters. The topological polar surface area (TPSA) is 284 Å². The van der Waals surface area contributed by atoms with E-state index in [9.17, 15) is 46.1 Å². The summed E-state index contributed by atoms with van der Waals surface area (Å²) in [6, 6.07) is 35.0. The number of benzene rings is 8. The van der Waals surface area contributed by atoms with Gasteiger partial charge in [-0.1, -0.05) is 103 Å². The van der Waals surface area contributed by atoms with Gasteiger partial charge in [-0.2, -0.15) is 32.2 Å². The zero-order valence-electron chi connectivity index (χ0n) is 40.1. The number of fused-ring (bicyclic) bond motifs is 2. The van der Waals surface area contributed by atoms with Crippen LogP contribution in [-0.4, -0.2) is 106 Å². The Morgan fingerprint density at radius 3 is 1.61 bits per heavy atom. The average Bonchev–Trinajstić information content (AvgIpc) is 3.37. The monoisotopic (exact) mass is 1210 g/mol. The van der Waals surface area contributed by atoms with Crippen LogP contribution in [0.5, 0.6) is 23.0 Å². The van der Waals surface area contributed by atoms with Crippen molar-refractivity contribution in [1.29, 1.82) is 0 Å². The number of halogens is 2. The fourth-order valence-electron chi connectivity index (χ4n) is 7.59. The van der Waals surface area contributed by atoms with Crippen LogP contribution < -0.4 is 25.0 Å². The molecule has 0 bridgehead atoms. The molecular formula is C52H42BaCl2N6O12S2. The van der Waals surface area contributed by atoms with Crippen LogP contribution in [0, 0.1) is 0 Å². The molecule has 8 aromatic rings. The largest absolute Gasteiger partial charge is 2.00 e. The number of aromatic hydroxyl groups is 1. The van der Waals surface area contributed by atoms with Crippen molar-refractivity contribution in [2.24, 2.45) is 25.4 Å². The number of aliphatic imine (C=N–C) groups is 1. The van der Waals surface area contributed by atoms with E-state index in [0.29, 0.717) is 44.4 Å². The van der Waals surface area contributed by atoms with Gasteiger partial charge in [0.15, 0.2) is 5.75 Å². The Hall–Kier alpha value is -6.41. The molecule has 0 aromatic heterocycles. The Labute approximate surface area is 481 Å². The van der Waals surface area contributed by atoms with Gasteiger partial charge < -0.3 is 30.1 Å². The van der Waals surface area contributed by atoms with E-state index in [2.05, 4.69) is 30.8 Å². The second-order valence-corrected chi connectivity index (χ2v) is 19.4. The molecule has 0 aliphatic heterocycles. The molecule has 75 heavy (non-hydrogen) atoms. The number of carbonyl (C=O) groups is 1. The number of hydrogen-bond acceptors (Lipinski definition) is 15. The second kappa shape index (κ2) is 25.0. The van der Waals surface area contributed by atoms with E-state index in [-0.39, 0.29) is 122 Å². The minimum atomic E-state index is -4.58. The van der Waals surface area contributed by atoms with Crippen molar-refractivity contribution in [1.82, 2.24) is 0 Å². The molecule has 380 valence electrons. The van der Waals surface area contributed by atoms with Crippen molar-refractivity contribution in [3.8, 4) is 23.0 Å². The third-order valence-electron chi connectivity index (χ3n) is 11.1. The molecule has 0 saturated heterocycles. The van der Waals surface area contributed by atoms with E-state index < -0.39 is 48.4 Å². The first-order valence-electron chi connectivity index (χ1n) is 22.0. The predicted octanol–water partition coefficient (Wildman–Crippen LogP) is 11.5. The first-order chi connectivity index (χ1) is 35.2. The summed E-state index contributed by atoms with van der Waals surface area (Å²) in [5.41, 5.74) is 0.872. The van der Waals surface area contributed by atoms with Gasteiger partial charge in [0.1, 0.15) is 27.0 Å². The van der Waals surface area contributed by atoms with Crippen molar-refractivity contribution in [2.45, 2.75) is 36.5 Å². The summed E-state index contributed by atoms with van der Waals surface area (Å²) in [7, 11) is -6.15. The Kier molecular flexibility index (Phi) is 19.3. The standard InChI is InChI=1S/2C26H22ClN3O6S.Ba/c2*1-3-19-22(27)13-17(14-23(19)37(33,34)35)29-30-24-20-10-5-4-7-15(20)11-21(25(24)31)26(32)28-16-8-6-9-18(12-16)36-2;/h2*4-14,31H,3H2,1-2H3,(H,28,32)(H,33,34,35);/q;;+2/p-2. The van der Waals surface area contributed by atoms with Crippen LogP contribution in [0.4, 0.5) is 34.1 Å². The van der Waals surface area contributed by atoms with Crippen LogP contribution in [0.1, 0.15) is 40.9 Å². The van der Waals surface area contributed by atoms with Crippen LogP contribution in [0.25, 0.3) is 21.5 Å². The van der Waals surface area contributed by atoms with E-state index in [1.807, 2.05) is 0 Å². The van der Waals surface area contributed by atoms with Crippen molar-refractivity contribution >= 4 is 160 Å². The van der Waals surface area contributed by atoms with Crippen LogP contribution >= 0.6 is 23.2 Å². The molecule has 1 amide bonds. The zero-order valence-corrected chi connectivity index (χ0v) is 47.7. The van der Waals surface area contributed by atoms with Crippen LogP contribution in [0.15, 0.2) is 169 Å². The molecule has 8 aromatic carbocycles. The number of hydrogen-bond donors (Lipinski definition) is 4. The van der Waals surface area contributed by atoms with E-state index in [0.717, 1.165) is 12.1 Å². The molecule has 0 saturated carbocycles. The van der Waals surface area contributed by atoms with Gasteiger partial charge in [-0.25, -0.2) is 0 Å². The fraction of sp³-hybridized carbons (Fsp3) is 0.115. The quantitative estimate of drug-likeness (QED) is 0.0260. The molecule has 0 unspecified atom stereocenters. The maximum Gasteiger partial charge on any atom is 2.00 e. The van der Waals surface area contributed by atoms with Gasteiger partial charge >= 0.3 is 48.9 Å². The van der Waals surface area contributed by atoms with Crippen LogP contribution in [0.3, 0.4) is 0 Å². The van der Waals surface area contributed by atoms with E-state index in [1.165, 1.54) is 38.5 Å². The summed E-state index contributed by atoms with van der Waals surface area (Å²) in [6.45, 7) is 3.38. The Morgan fingerprint density at radius 1 is 0.613 bits per heavy atom. The third kappa shape index (κ3) is 13.7. The van der Waals surface area contributed by atoms with Crippen LogP contribution in [-0.2, 0) is 33.1 Å². The van der Waals surface area contributed by atoms with Crippen LogP contribution in [0.2, 0.25) is 10.0 Å². The number of phenols is 1. The Morgan fingerprint density at radius 2 is 1.09 bits per heavy atom. The van der Waals surface area contributed by atoms with Gasteiger partial charge in [0.2, 0.25) is 0 Å². The number of rotatable bonds is 14. The number of nitrogens with zero attached hydrogens (tertiary/aromatic N) is 5. The number of methoxy groups -OCH3 is 2. The molecule has 8 rings (SSSR count). The summed E-state index contributed by atoms with van der Waals surface area (Å²) < 4.78 is 77.0. The molecule has 0 aliphatic carbocycles. The average molecular weight is 1220 g/mol. The Balaban J connectivity index is 0.000000241. The van der Waals surface area contributed by atoms with Gasteiger partial charge in [0.25, 0.3) is 26.1 Å². The van der Waals surface area contributed by atoms with Crippen molar-refractivity contribution < 1.29 is 55.5 Å². The zero-order chi connectivity index (χ0) is 53.5. The minimum Gasteiger partial charge on any atom is -0.871 e. The molecule has 0 heterocycles. The SMILES string of the molecule is CCc1c(Cl)cc(N=Nc2c(O)c(C(=O)Nc3cccc(OC)c3)cc3ccccc23)cc1S(=O)(=O)O.CCc1c(Cl)cc(N=Nc2c([O-])c(C([O-])=Nc3cccc(OC)c3)cc3ccccc23)cc1S(=O)(=O)O.[Ba+2]. The summed E-state index contributed by atoms with van der Waals surface area (Å²) in [5.74, 6) is -1.44. The molecule has 0 aliphatic rings. The third-order valence-corrected chi connectivity index (χ3v) is 13.6. The van der Waals surface area contributed by atoms with Gasteiger partial charge in [-0.05, 0) is 107 Å². The summed E-state index contributed by atoms with van der Waals surface area (Å²) in [6.07, 6.45) is 0.517. The molecule has 18 nitrogen and oxygen atoms in total. The van der Waals surface area contributed by atoms with Gasteiger partial charge in [0, 0.05) is 38.6 Å². The van der Waals surface area contributed by atoms with E-state index in [1.54, 1.807) is 111 Å². The number of carbonyl (C=O) groups excluding carboxylic acids is 1. The number of amides is 1. The van der Waals surface area contributed by atoms with E-state index in [4.69, 9.17) is 32.7 Å². The number of azo groups is 2. The number of phenolic OH excluding ortho intramolecular Hbond substituents is 1. The maximum atomic E-state index is 13.3. The van der Waals surface area contributed by atoms with E-state index >= 15 is 0 Å². The second-order valence-electron chi connectivity index (χ2n) is 15.8. The number of anilines is 1. The smallest absolute Gasteiger partial charge is 0.871 e. The normalized spacial score (nSPS) is 11.9. The van der Waals surface area contributed by atoms with Gasteiger partial charge in [-0.3, -0.25) is 18.9 Å². The summed E-state index contributed by atoms with van der Waals surface area (Å²) in [4.78, 5) is 16.3. The molecule has 23 heteroatoms. The predicted molar refractivity (Wildman–Crippen MR) is 285 cm³/mol. The maximum absolute atomic E-state index is 13.3. The number of ether oxygens (including phenoxy) is 2. The van der Waals surface area contributed by atoms with Gasteiger partial charge in [-0.15, -0.1) is 5.11 Å². The van der Waals surface area contributed by atoms with Gasteiger partial charge in [0.05, 0.1) is 42.5 Å². The fourth-order valence-corrected chi connectivity index (χ4v) is 10.1. The summed E-state index contributed by atoms with van der Waals surface area (Å²) in [5, 5.41) is 58.6. The minimum absolute atomic E-state index is 0. The first-order valence-corrected chi connectivity index (χ1v) is 25.6. The molecule has 4 N–H and O–H groups in total. The molecule has 0 fully saturated rings. The molecule has 0 radical (unpaired) electrons.